The van der Waals surface area contributed by atoms with E-state index in [1.807, 2.05) is 0 Å². The largest absolute Gasteiger partial charge is 0.320 e. The number of nitro groups is 2. The Labute approximate surface area is 115 Å². The van der Waals surface area contributed by atoms with Crippen LogP contribution >= 0.6 is 0 Å². The quantitative estimate of drug-likeness (QED) is 0.657. The zero-order chi connectivity index (χ0) is 15.4. The fourth-order valence-electron chi connectivity index (χ4n) is 2.06. The minimum atomic E-state index is -0.684. The van der Waals surface area contributed by atoms with Gasteiger partial charge in [0.1, 0.15) is 11.3 Å². The van der Waals surface area contributed by atoms with E-state index >= 15 is 0 Å². The molecule has 20 heavy (non-hydrogen) atoms. The van der Waals surface area contributed by atoms with Crippen LogP contribution < -0.4 is 5.32 Å². The Morgan fingerprint density at radius 2 is 1.80 bits per heavy atom. The van der Waals surface area contributed by atoms with Crippen LogP contribution in [0.5, 0.6) is 0 Å². The molecule has 1 aromatic carbocycles. The molecule has 0 saturated carbocycles. The maximum atomic E-state index is 11.3. The summed E-state index contributed by atoms with van der Waals surface area (Å²) in [7, 11) is 0. The molecule has 0 heterocycles. The van der Waals surface area contributed by atoms with Gasteiger partial charge < -0.3 is 5.32 Å². The zero-order valence-electron chi connectivity index (χ0n) is 11.4. The highest BCUT2D eigenvalue weighted by Crippen LogP contribution is 2.39. The van der Waals surface area contributed by atoms with Crippen molar-refractivity contribution in [1.82, 2.24) is 0 Å². The fourth-order valence-corrected chi connectivity index (χ4v) is 2.06. The minimum absolute atomic E-state index is 0.0148. The third kappa shape index (κ3) is 2.90. The molecule has 0 aliphatic heterocycles. The van der Waals surface area contributed by atoms with Crippen molar-refractivity contribution >= 4 is 23.0 Å². The average molecular weight is 281 g/mol. The van der Waals surface area contributed by atoms with E-state index in [0.717, 1.165) is 0 Å². The Hall–Kier alpha value is -2.51. The van der Waals surface area contributed by atoms with Gasteiger partial charge in [0.15, 0.2) is 0 Å². The third-order valence-electron chi connectivity index (χ3n) is 2.88. The smallest absolute Gasteiger partial charge is 0.303 e. The van der Waals surface area contributed by atoms with Crippen molar-refractivity contribution in [2.24, 2.45) is 0 Å². The van der Waals surface area contributed by atoms with Gasteiger partial charge in [0.25, 0.3) is 5.69 Å². The van der Waals surface area contributed by atoms with Gasteiger partial charge in [-0.05, 0) is 18.4 Å². The van der Waals surface area contributed by atoms with Crippen LogP contribution in [0.4, 0.5) is 17.1 Å². The number of anilines is 1. The second kappa shape index (κ2) is 6.09. The highest BCUT2D eigenvalue weighted by Gasteiger charge is 2.30. The summed E-state index contributed by atoms with van der Waals surface area (Å²) in [6, 6.07) is 1.29. The number of hydrogen-bond donors (Lipinski definition) is 1. The molecule has 0 bridgehead atoms. The van der Waals surface area contributed by atoms with Crippen molar-refractivity contribution in [3.63, 3.8) is 0 Å². The van der Waals surface area contributed by atoms with Crippen LogP contribution in [0.25, 0.3) is 0 Å². The highest BCUT2D eigenvalue weighted by molar-refractivity contribution is 5.93. The summed E-state index contributed by atoms with van der Waals surface area (Å²) < 4.78 is 0. The SMILES string of the molecule is CCc1cc([N+](=O)[O-])c(CC)c([N+](=O)[O-])c1NC(C)=O. The molecule has 0 unspecified atom stereocenters. The standard InChI is InChI=1S/C12H15N3O5/c1-4-8-6-10(14(17)18)9(5-2)12(15(19)20)11(8)13-7(3)16/h6H,4-5H2,1-3H3,(H,13,16). The van der Waals surface area contributed by atoms with Gasteiger partial charge in [0.05, 0.1) is 9.85 Å². The number of aryl methyl sites for hydroxylation is 1. The van der Waals surface area contributed by atoms with Crippen LogP contribution in [-0.4, -0.2) is 15.8 Å². The van der Waals surface area contributed by atoms with E-state index in [0.29, 0.717) is 12.0 Å². The molecular weight excluding hydrogens is 266 g/mol. The van der Waals surface area contributed by atoms with Gasteiger partial charge in [0.2, 0.25) is 5.91 Å². The van der Waals surface area contributed by atoms with E-state index in [9.17, 15) is 25.0 Å². The number of benzene rings is 1. The molecule has 1 rings (SSSR count). The molecule has 0 aliphatic rings. The van der Waals surface area contributed by atoms with Crippen LogP contribution in [-0.2, 0) is 17.6 Å². The Morgan fingerprint density at radius 3 is 2.15 bits per heavy atom. The minimum Gasteiger partial charge on any atom is -0.320 e. The van der Waals surface area contributed by atoms with E-state index in [1.54, 1.807) is 13.8 Å². The molecule has 0 radical (unpaired) electrons. The lowest BCUT2D eigenvalue weighted by Gasteiger charge is -2.12. The van der Waals surface area contributed by atoms with Gasteiger partial charge in [0, 0.05) is 13.0 Å². The third-order valence-corrected chi connectivity index (χ3v) is 2.88. The second-order valence-electron chi connectivity index (χ2n) is 4.16. The molecule has 108 valence electrons. The summed E-state index contributed by atoms with van der Waals surface area (Å²) in [6.07, 6.45) is 0.463. The molecule has 0 spiro atoms. The van der Waals surface area contributed by atoms with Gasteiger partial charge in [-0.1, -0.05) is 13.8 Å². The first-order valence-electron chi connectivity index (χ1n) is 6.08. The molecule has 8 heteroatoms. The molecule has 8 nitrogen and oxygen atoms in total. The highest BCUT2D eigenvalue weighted by atomic mass is 16.6. The van der Waals surface area contributed by atoms with Crippen LogP contribution in [0.15, 0.2) is 6.07 Å². The summed E-state index contributed by atoms with van der Waals surface area (Å²) in [5, 5.41) is 24.7. The number of hydrogen-bond acceptors (Lipinski definition) is 5. The molecule has 0 fully saturated rings. The number of carbonyl (C=O) groups is 1. The van der Waals surface area contributed by atoms with Crippen molar-refractivity contribution in [1.29, 1.82) is 0 Å². The van der Waals surface area contributed by atoms with Gasteiger partial charge in [-0.3, -0.25) is 25.0 Å². The Kier molecular flexibility index (Phi) is 4.73. The van der Waals surface area contributed by atoms with Crippen LogP contribution in [0, 0.1) is 20.2 Å². The molecule has 0 aliphatic carbocycles. The van der Waals surface area contributed by atoms with E-state index in [4.69, 9.17) is 0 Å². The van der Waals surface area contributed by atoms with Crippen molar-refractivity contribution in [2.45, 2.75) is 33.6 Å². The van der Waals surface area contributed by atoms with Crippen LogP contribution in [0.3, 0.4) is 0 Å². The van der Waals surface area contributed by atoms with Gasteiger partial charge in [-0.15, -0.1) is 0 Å². The maximum Gasteiger partial charge on any atom is 0.303 e. The average Bonchev–Trinajstić information content (AvgIpc) is 2.36. The number of nitrogens with one attached hydrogen (secondary N) is 1. The van der Waals surface area contributed by atoms with Gasteiger partial charge in [-0.25, -0.2) is 0 Å². The fraction of sp³-hybridized carbons (Fsp3) is 0.417. The molecule has 0 aromatic heterocycles. The number of amides is 1. The van der Waals surface area contributed by atoms with Crippen LogP contribution in [0.2, 0.25) is 0 Å². The van der Waals surface area contributed by atoms with Crippen molar-refractivity contribution in [2.75, 3.05) is 5.32 Å². The normalized spacial score (nSPS) is 10.2. The number of nitro benzene ring substituents is 2. The molecule has 0 saturated heterocycles. The number of carbonyl (C=O) groups excluding carboxylic acids is 1. The maximum absolute atomic E-state index is 11.3. The molecule has 0 atom stereocenters. The van der Waals surface area contributed by atoms with Crippen molar-refractivity contribution < 1.29 is 14.6 Å². The van der Waals surface area contributed by atoms with E-state index in [2.05, 4.69) is 5.32 Å². The van der Waals surface area contributed by atoms with E-state index < -0.39 is 21.4 Å². The lowest BCUT2D eigenvalue weighted by atomic mass is 10.00. The first-order valence-corrected chi connectivity index (χ1v) is 6.08. The van der Waals surface area contributed by atoms with Crippen molar-refractivity contribution in [3.8, 4) is 0 Å². The van der Waals surface area contributed by atoms with Gasteiger partial charge >= 0.3 is 5.69 Å². The van der Waals surface area contributed by atoms with E-state index in [-0.39, 0.29) is 23.4 Å². The Morgan fingerprint density at radius 1 is 1.20 bits per heavy atom. The lowest BCUT2D eigenvalue weighted by Crippen LogP contribution is -2.13. The molecule has 1 aromatic rings. The molecule has 1 amide bonds. The Bertz CT molecular complexity index is 583. The summed E-state index contributed by atoms with van der Waals surface area (Å²) >= 11 is 0. The summed E-state index contributed by atoms with van der Waals surface area (Å²) in [4.78, 5) is 32.2. The molecular formula is C12H15N3O5. The Balaban J connectivity index is 3.76. The predicted molar refractivity (Wildman–Crippen MR) is 72.8 cm³/mol. The number of nitrogens with zero attached hydrogens (tertiary/aromatic N) is 2. The zero-order valence-corrected chi connectivity index (χ0v) is 11.4. The monoisotopic (exact) mass is 281 g/mol. The van der Waals surface area contributed by atoms with Crippen molar-refractivity contribution in [3.05, 3.63) is 37.4 Å². The summed E-state index contributed by atoms with van der Waals surface area (Å²) in [6.45, 7) is 4.54. The lowest BCUT2D eigenvalue weighted by molar-refractivity contribution is -0.395. The molecule has 1 N–H and O–H groups in total. The second-order valence-corrected chi connectivity index (χ2v) is 4.16. The predicted octanol–water partition coefficient (Wildman–Crippen LogP) is 2.59. The summed E-state index contributed by atoms with van der Waals surface area (Å²) in [5.41, 5.74) is -0.247. The topological polar surface area (TPSA) is 115 Å². The first kappa shape index (κ1) is 15.5. The summed E-state index contributed by atoms with van der Waals surface area (Å²) in [5.74, 6) is -0.460. The van der Waals surface area contributed by atoms with Gasteiger partial charge in [-0.2, -0.15) is 0 Å². The van der Waals surface area contributed by atoms with Crippen LogP contribution in [0.1, 0.15) is 31.9 Å². The number of rotatable bonds is 5. The van der Waals surface area contributed by atoms with E-state index in [1.165, 1.54) is 13.0 Å². The first-order chi connectivity index (χ1) is 9.33.